The van der Waals surface area contributed by atoms with Gasteiger partial charge < -0.3 is 74.2 Å². The maximum atomic E-state index is 13.9. The van der Waals surface area contributed by atoms with Crippen LogP contribution < -0.4 is 43.8 Å². The SMILES string of the molecule is CC(C)C[C@H](N)C(=O)N[C@@H](CC(=O)O)C(=O)N[C@H](C(=O)N[C@@H](CCC(=O)O)C(=O)N[C@@H](CCCN=C(N)N)C(=O)N1CCC[C@H]1C(=O)N[C@@H](CO)C(=O)O)[C@@H](C)O. The van der Waals surface area contributed by atoms with Gasteiger partial charge in [0, 0.05) is 19.5 Å². The van der Waals surface area contributed by atoms with E-state index in [-0.39, 0.29) is 50.7 Å². The molecule has 0 unspecified atom stereocenters. The van der Waals surface area contributed by atoms with Gasteiger partial charge in [-0.1, -0.05) is 13.8 Å². The van der Waals surface area contributed by atoms with Crippen molar-refractivity contribution in [3.63, 3.8) is 0 Å². The number of aliphatic hydroxyl groups excluding tert-OH is 2. The van der Waals surface area contributed by atoms with E-state index in [1.807, 2.05) is 0 Å². The van der Waals surface area contributed by atoms with Crippen molar-refractivity contribution in [3.8, 4) is 0 Å². The number of nitrogens with one attached hydrogen (secondary N) is 5. The third-order valence-corrected chi connectivity index (χ3v) is 8.61. The van der Waals surface area contributed by atoms with Crippen molar-refractivity contribution in [1.82, 2.24) is 31.5 Å². The van der Waals surface area contributed by atoms with Crippen molar-refractivity contribution in [2.24, 2.45) is 28.1 Å². The van der Waals surface area contributed by atoms with Crippen molar-refractivity contribution < 1.29 is 68.7 Å². The van der Waals surface area contributed by atoms with E-state index in [2.05, 4.69) is 31.6 Å². The fraction of sp³-hybridized carbons (Fsp3) is 0.697. The predicted molar refractivity (Wildman–Crippen MR) is 197 cm³/mol. The van der Waals surface area contributed by atoms with Crippen LogP contribution in [-0.4, -0.2) is 158 Å². The molecule has 1 aliphatic rings. The van der Waals surface area contributed by atoms with Gasteiger partial charge in [-0.25, -0.2) is 4.79 Å². The molecule has 0 radical (unpaired) electrons. The number of aliphatic hydroxyl groups is 2. The molecule has 0 aliphatic carbocycles. The Bertz CT molecular complexity index is 1490. The number of carboxylic acid groups (broad SMARTS) is 3. The third kappa shape index (κ3) is 17.4. The fourth-order valence-corrected chi connectivity index (χ4v) is 5.72. The summed E-state index contributed by atoms with van der Waals surface area (Å²) in [5.74, 6) is -10.8. The summed E-state index contributed by atoms with van der Waals surface area (Å²) in [5.41, 5.74) is 16.6. The molecule has 57 heavy (non-hydrogen) atoms. The zero-order chi connectivity index (χ0) is 43.6. The minimum absolute atomic E-state index is 0.00930. The number of guanidine groups is 1. The molecule has 0 saturated carbocycles. The molecule has 0 bridgehead atoms. The lowest BCUT2D eigenvalue weighted by atomic mass is 10.0. The zero-order valence-electron chi connectivity index (χ0n) is 32.0. The highest BCUT2D eigenvalue weighted by molar-refractivity contribution is 5.98. The monoisotopic (exact) mass is 816 g/mol. The molecule has 0 aromatic carbocycles. The summed E-state index contributed by atoms with van der Waals surface area (Å²) in [6.45, 7) is 3.71. The topological polar surface area (TPSA) is 409 Å². The van der Waals surface area contributed by atoms with Gasteiger partial charge in [0.25, 0.3) is 0 Å². The lowest BCUT2D eigenvalue weighted by molar-refractivity contribution is -0.146. The zero-order valence-corrected chi connectivity index (χ0v) is 32.0. The molecule has 6 amide bonds. The Kier molecular flexibility index (Phi) is 20.9. The Morgan fingerprint density at radius 2 is 1.37 bits per heavy atom. The quantitative estimate of drug-likeness (QED) is 0.0232. The number of carbonyl (C=O) groups is 9. The highest BCUT2D eigenvalue weighted by Crippen LogP contribution is 2.20. The van der Waals surface area contributed by atoms with Gasteiger partial charge in [-0.05, 0) is 51.4 Å². The minimum Gasteiger partial charge on any atom is -0.481 e. The number of nitrogens with two attached hydrogens (primary N) is 3. The summed E-state index contributed by atoms with van der Waals surface area (Å²) in [6, 6.07) is -10.8. The molecule has 1 fully saturated rings. The Morgan fingerprint density at radius 1 is 0.772 bits per heavy atom. The van der Waals surface area contributed by atoms with E-state index in [1.165, 1.54) is 0 Å². The number of aliphatic imine (C=N–C) groups is 1. The van der Waals surface area contributed by atoms with E-state index < -0.39 is 128 Å². The first-order chi connectivity index (χ1) is 26.6. The van der Waals surface area contributed by atoms with Gasteiger partial charge in [-0.15, -0.1) is 0 Å². The van der Waals surface area contributed by atoms with Crippen LogP contribution >= 0.6 is 0 Å². The number of rotatable bonds is 25. The van der Waals surface area contributed by atoms with Crippen LogP contribution in [0.3, 0.4) is 0 Å². The Hall–Kier alpha value is -5.62. The van der Waals surface area contributed by atoms with E-state index in [0.717, 1.165) is 11.8 Å². The van der Waals surface area contributed by atoms with Crippen LogP contribution in [0, 0.1) is 5.92 Å². The second-order valence-electron chi connectivity index (χ2n) is 13.9. The Labute approximate surface area is 327 Å². The highest BCUT2D eigenvalue weighted by Gasteiger charge is 2.40. The van der Waals surface area contributed by atoms with E-state index in [0.29, 0.717) is 6.42 Å². The van der Waals surface area contributed by atoms with Crippen LogP contribution in [0.4, 0.5) is 0 Å². The van der Waals surface area contributed by atoms with Gasteiger partial charge in [0.2, 0.25) is 35.4 Å². The summed E-state index contributed by atoms with van der Waals surface area (Å²) in [7, 11) is 0. The predicted octanol–water partition coefficient (Wildman–Crippen LogP) is -5.37. The molecule has 1 saturated heterocycles. The molecule has 0 aromatic heterocycles. The molecule has 0 spiro atoms. The number of amides is 6. The van der Waals surface area contributed by atoms with E-state index >= 15 is 0 Å². The first kappa shape index (κ1) is 49.4. The number of likely N-dealkylation sites (tertiary alicyclic amines) is 1. The average molecular weight is 817 g/mol. The molecule has 1 heterocycles. The summed E-state index contributed by atoms with van der Waals surface area (Å²) in [6.07, 6.45) is -3.36. The number of hydrogen-bond donors (Lipinski definition) is 13. The van der Waals surface area contributed by atoms with Gasteiger partial charge in [0.1, 0.15) is 36.3 Å². The molecule has 24 nitrogen and oxygen atoms in total. The summed E-state index contributed by atoms with van der Waals surface area (Å²) in [5, 5.41) is 59.0. The molecular formula is C33H56N10O14. The van der Waals surface area contributed by atoms with Crippen molar-refractivity contribution in [2.45, 2.75) is 121 Å². The highest BCUT2D eigenvalue weighted by atomic mass is 16.4. The van der Waals surface area contributed by atoms with Gasteiger partial charge in [0.15, 0.2) is 5.96 Å². The van der Waals surface area contributed by atoms with Gasteiger partial charge >= 0.3 is 17.9 Å². The summed E-state index contributed by atoms with van der Waals surface area (Å²) >= 11 is 0. The van der Waals surface area contributed by atoms with Crippen LogP contribution in [-0.2, 0) is 43.2 Å². The lowest BCUT2D eigenvalue weighted by Gasteiger charge is -2.31. The van der Waals surface area contributed by atoms with Crippen LogP contribution in [0.2, 0.25) is 0 Å². The van der Waals surface area contributed by atoms with Gasteiger partial charge in [-0.3, -0.25) is 43.3 Å². The number of carboxylic acids is 3. The normalized spacial score (nSPS) is 17.4. The van der Waals surface area contributed by atoms with Crippen molar-refractivity contribution in [1.29, 1.82) is 0 Å². The Morgan fingerprint density at radius 3 is 1.89 bits per heavy atom. The summed E-state index contributed by atoms with van der Waals surface area (Å²) in [4.78, 5) is 119. The fourth-order valence-electron chi connectivity index (χ4n) is 5.72. The van der Waals surface area contributed by atoms with E-state index in [1.54, 1.807) is 13.8 Å². The number of aliphatic carboxylic acids is 3. The molecule has 322 valence electrons. The first-order valence-corrected chi connectivity index (χ1v) is 18.2. The summed E-state index contributed by atoms with van der Waals surface area (Å²) < 4.78 is 0. The molecule has 1 rings (SSSR count). The number of carbonyl (C=O) groups excluding carboxylic acids is 6. The lowest BCUT2D eigenvalue weighted by Crippen LogP contribution is -2.61. The molecule has 8 atom stereocenters. The second-order valence-corrected chi connectivity index (χ2v) is 13.9. The third-order valence-electron chi connectivity index (χ3n) is 8.61. The van der Waals surface area contributed by atoms with Gasteiger partial charge in [0.05, 0.1) is 25.2 Å². The number of hydrogen-bond acceptors (Lipinski definition) is 13. The van der Waals surface area contributed by atoms with Crippen molar-refractivity contribution in [2.75, 3.05) is 19.7 Å². The molecule has 24 heteroatoms. The van der Waals surface area contributed by atoms with Crippen LogP contribution in [0.25, 0.3) is 0 Å². The molecule has 16 N–H and O–H groups in total. The van der Waals surface area contributed by atoms with Crippen LogP contribution in [0.15, 0.2) is 4.99 Å². The molecule has 1 aliphatic heterocycles. The number of nitrogens with zero attached hydrogens (tertiary/aromatic N) is 2. The van der Waals surface area contributed by atoms with E-state index in [4.69, 9.17) is 17.2 Å². The largest absolute Gasteiger partial charge is 0.481 e. The van der Waals surface area contributed by atoms with Crippen molar-refractivity contribution >= 4 is 59.3 Å². The minimum atomic E-state index is -1.88. The smallest absolute Gasteiger partial charge is 0.328 e. The van der Waals surface area contributed by atoms with Crippen LogP contribution in [0.1, 0.15) is 72.1 Å². The average Bonchev–Trinajstić information content (AvgIpc) is 3.61. The Balaban J connectivity index is 3.37. The van der Waals surface area contributed by atoms with Gasteiger partial charge in [-0.2, -0.15) is 0 Å². The van der Waals surface area contributed by atoms with Crippen molar-refractivity contribution in [3.05, 3.63) is 0 Å². The first-order valence-electron chi connectivity index (χ1n) is 18.2. The second kappa shape index (κ2) is 24.1. The standard InChI is InChI=1S/C33H56N10O14/c1-15(2)12-17(34)26(50)40-20(13-24(48)49)28(52)42-25(16(3)45)30(54)38-18(8-9-23(46)47)27(51)39-19(6-4-10-37-33(35)36)31(55)43-11-5-7-22(43)29(53)41-21(14-44)32(56)57/h15-22,25,44-45H,4-14,34H2,1-3H3,(H,38,54)(H,39,51)(H,40,50)(H,41,53)(H,42,52)(H,46,47)(H,48,49)(H,56,57)(H4,35,36,37)/t16-,17+,18+,19+,20+,21+,22+,25+/m1/s1. The molecule has 0 aromatic rings. The van der Waals surface area contributed by atoms with Crippen LogP contribution in [0.5, 0.6) is 0 Å². The molecular weight excluding hydrogens is 760 g/mol. The maximum absolute atomic E-state index is 13.9. The van der Waals surface area contributed by atoms with E-state index in [9.17, 15) is 68.7 Å². The maximum Gasteiger partial charge on any atom is 0.328 e.